The Morgan fingerprint density at radius 2 is 1.63 bits per heavy atom. The lowest BCUT2D eigenvalue weighted by molar-refractivity contribution is -0.255. The maximum Gasteiger partial charge on any atom is 0.276 e. The lowest BCUT2D eigenvalue weighted by atomic mass is 10.2. The number of hydrogen-bond donors (Lipinski definition) is 1. The number of nitrogens with one attached hydrogen (secondary N) is 1. The molecule has 1 amide bonds. The van der Waals surface area contributed by atoms with Crippen LogP contribution in [0, 0.1) is 5.82 Å². The number of nitrogens with zero attached hydrogens (tertiary/aromatic N) is 2. The van der Waals surface area contributed by atoms with E-state index in [4.69, 9.17) is 0 Å². The van der Waals surface area contributed by atoms with Crippen LogP contribution < -0.4 is 10.4 Å². The summed E-state index contributed by atoms with van der Waals surface area (Å²) in [6.07, 6.45) is 2.33. The van der Waals surface area contributed by atoms with Crippen LogP contribution in [0.5, 0.6) is 0 Å². The van der Waals surface area contributed by atoms with Crippen molar-refractivity contribution in [2.24, 2.45) is 0 Å². The van der Waals surface area contributed by atoms with Crippen LogP contribution in [0.15, 0.2) is 36.7 Å². The van der Waals surface area contributed by atoms with E-state index in [0.29, 0.717) is 5.69 Å². The number of carboxylic acid groups (broad SMARTS) is 1. The van der Waals surface area contributed by atoms with E-state index in [1.54, 1.807) is 0 Å². The van der Waals surface area contributed by atoms with Gasteiger partial charge in [0.05, 0.1) is 5.97 Å². The smallest absolute Gasteiger partial charge is 0.276 e. The fourth-order valence-electron chi connectivity index (χ4n) is 1.38. The average molecular weight is 260 g/mol. The zero-order chi connectivity index (χ0) is 13.8. The molecule has 0 fully saturated rings. The van der Waals surface area contributed by atoms with E-state index in [2.05, 4.69) is 15.3 Å². The standard InChI is InChI=1S/C12H8FN3O3/c13-7-1-3-8(4-2-7)16-11(17)9-10(12(18)19)15-6-5-14-9/h1-6H,(H,16,17)(H,18,19)/p-1. The molecule has 2 aromatic rings. The van der Waals surface area contributed by atoms with E-state index in [0.717, 1.165) is 18.3 Å². The fraction of sp³-hybridized carbons (Fsp3) is 0. The number of carboxylic acids is 1. The van der Waals surface area contributed by atoms with E-state index in [1.165, 1.54) is 18.3 Å². The van der Waals surface area contributed by atoms with Crippen LogP contribution in [-0.4, -0.2) is 21.8 Å². The first kappa shape index (κ1) is 12.6. The SMILES string of the molecule is O=C([O-])c1nccnc1C(=O)Nc1ccc(F)cc1. The summed E-state index contributed by atoms with van der Waals surface area (Å²) >= 11 is 0. The first-order valence-electron chi connectivity index (χ1n) is 5.17. The van der Waals surface area contributed by atoms with Gasteiger partial charge in [-0.05, 0) is 24.3 Å². The number of carbonyl (C=O) groups is 2. The zero-order valence-corrected chi connectivity index (χ0v) is 9.46. The number of halogens is 1. The van der Waals surface area contributed by atoms with Gasteiger partial charge in [-0.1, -0.05) is 0 Å². The molecule has 0 radical (unpaired) electrons. The Morgan fingerprint density at radius 1 is 1.05 bits per heavy atom. The molecule has 0 aliphatic heterocycles. The van der Waals surface area contributed by atoms with Gasteiger partial charge in [0.15, 0.2) is 5.69 Å². The van der Waals surface area contributed by atoms with Crippen LogP contribution in [0.4, 0.5) is 10.1 Å². The van der Waals surface area contributed by atoms with Gasteiger partial charge in [0.1, 0.15) is 11.5 Å². The molecule has 0 saturated heterocycles. The van der Waals surface area contributed by atoms with Crippen molar-refractivity contribution in [2.75, 3.05) is 5.32 Å². The summed E-state index contributed by atoms with van der Waals surface area (Å²) in [7, 11) is 0. The molecule has 1 heterocycles. The Labute approximate surface area is 106 Å². The molecule has 1 N–H and O–H groups in total. The molecule has 0 unspecified atom stereocenters. The number of rotatable bonds is 3. The van der Waals surface area contributed by atoms with Gasteiger partial charge in [-0.15, -0.1) is 0 Å². The van der Waals surface area contributed by atoms with Gasteiger partial charge in [-0.3, -0.25) is 9.78 Å². The highest BCUT2D eigenvalue weighted by Gasteiger charge is 2.14. The molecule has 0 bridgehead atoms. The van der Waals surface area contributed by atoms with Crippen molar-refractivity contribution in [3.05, 3.63) is 53.9 Å². The number of carbonyl (C=O) groups excluding carboxylic acids is 2. The largest absolute Gasteiger partial charge is 0.543 e. The summed E-state index contributed by atoms with van der Waals surface area (Å²) in [6.45, 7) is 0. The summed E-state index contributed by atoms with van der Waals surface area (Å²) in [5, 5.41) is 13.2. The number of hydrogen-bond acceptors (Lipinski definition) is 5. The van der Waals surface area contributed by atoms with Gasteiger partial charge in [0.2, 0.25) is 0 Å². The molecule has 2 rings (SSSR count). The quantitative estimate of drug-likeness (QED) is 0.852. The second-order valence-electron chi connectivity index (χ2n) is 3.50. The van der Waals surface area contributed by atoms with E-state index in [-0.39, 0.29) is 5.69 Å². The number of aromatic carboxylic acids is 1. The van der Waals surface area contributed by atoms with Gasteiger partial charge in [-0.25, -0.2) is 9.37 Å². The molecule has 19 heavy (non-hydrogen) atoms. The van der Waals surface area contributed by atoms with Crippen molar-refractivity contribution < 1.29 is 19.1 Å². The molecule has 0 aliphatic carbocycles. The van der Waals surface area contributed by atoms with Crippen LogP contribution in [-0.2, 0) is 0 Å². The van der Waals surface area contributed by atoms with Gasteiger partial charge in [0.25, 0.3) is 5.91 Å². The lowest BCUT2D eigenvalue weighted by Crippen LogP contribution is -2.28. The van der Waals surface area contributed by atoms with E-state index >= 15 is 0 Å². The second kappa shape index (κ2) is 5.21. The third-order valence-corrected chi connectivity index (χ3v) is 2.21. The van der Waals surface area contributed by atoms with Crippen LogP contribution in [0.3, 0.4) is 0 Å². The fourth-order valence-corrected chi connectivity index (χ4v) is 1.38. The Balaban J connectivity index is 2.25. The van der Waals surface area contributed by atoms with Crippen molar-refractivity contribution in [3.63, 3.8) is 0 Å². The third-order valence-electron chi connectivity index (χ3n) is 2.21. The molecule has 1 aromatic carbocycles. The molecule has 0 saturated carbocycles. The molecule has 0 aliphatic rings. The second-order valence-corrected chi connectivity index (χ2v) is 3.50. The van der Waals surface area contributed by atoms with Crippen molar-refractivity contribution >= 4 is 17.6 Å². The van der Waals surface area contributed by atoms with E-state index in [9.17, 15) is 19.1 Å². The summed E-state index contributed by atoms with van der Waals surface area (Å²) < 4.78 is 12.7. The summed E-state index contributed by atoms with van der Waals surface area (Å²) in [4.78, 5) is 29.8. The molecule has 0 atom stereocenters. The highest BCUT2D eigenvalue weighted by molar-refractivity contribution is 6.08. The number of amides is 1. The molecule has 1 aromatic heterocycles. The van der Waals surface area contributed by atoms with Crippen molar-refractivity contribution in [1.82, 2.24) is 9.97 Å². The molecule has 6 nitrogen and oxygen atoms in total. The predicted molar refractivity (Wildman–Crippen MR) is 60.7 cm³/mol. The summed E-state index contributed by atoms with van der Waals surface area (Å²) in [6, 6.07) is 4.99. The minimum absolute atomic E-state index is 0.307. The first-order valence-corrected chi connectivity index (χ1v) is 5.17. The molecule has 0 spiro atoms. The Kier molecular flexibility index (Phi) is 3.46. The first-order chi connectivity index (χ1) is 9.08. The topological polar surface area (TPSA) is 95.0 Å². The highest BCUT2D eigenvalue weighted by Crippen LogP contribution is 2.10. The van der Waals surface area contributed by atoms with Crippen LogP contribution in [0.2, 0.25) is 0 Å². The molecule has 7 heteroatoms. The Morgan fingerprint density at radius 3 is 2.21 bits per heavy atom. The maximum atomic E-state index is 12.7. The van der Waals surface area contributed by atoms with E-state index in [1.807, 2.05) is 0 Å². The van der Waals surface area contributed by atoms with Crippen LogP contribution >= 0.6 is 0 Å². The van der Waals surface area contributed by atoms with Crippen LogP contribution in [0.25, 0.3) is 0 Å². The molecular weight excluding hydrogens is 253 g/mol. The van der Waals surface area contributed by atoms with Gasteiger partial charge in [0, 0.05) is 18.1 Å². The number of benzene rings is 1. The monoisotopic (exact) mass is 260 g/mol. The zero-order valence-electron chi connectivity index (χ0n) is 9.46. The molecular formula is C12H7FN3O3-. The lowest BCUT2D eigenvalue weighted by Gasteiger charge is -2.08. The van der Waals surface area contributed by atoms with Gasteiger partial charge in [-0.2, -0.15) is 0 Å². The normalized spacial score (nSPS) is 9.95. The third kappa shape index (κ3) is 2.89. The van der Waals surface area contributed by atoms with Gasteiger partial charge < -0.3 is 15.2 Å². The Hall–Kier alpha value is -2.83. The minimum Gasteiger partial charge on any atom is -0.543 e. The summed E-state index contributed by atoms with van der Waals surface area (Å²) in [5.74, 6) is -2.82. The van der Waals surface area contributed by atoms with Gasteiger partial charge >= 0.3 is 0 Å². The molecule has 96 valence electrons. The highest BCUT2D eigenvalue weighted by atomic mass is 19.1. The minimum atomic E-state index is -1.60. The van der Waals surface area contributed by atoms with Crippen molar-refractivity contribution in [1.29, 1.82) is 0 Å². The maximum absolute atomic E-state index is 12.7. The average Bonchev–Trinajstić information content (AvgIpc) is 2.41. The van der Waals surface area contributed by atoms with Crippen molar-refractivity contribution in [2.45, 2.75) is 0 Å². The number of aromatic nitrogens is 2. The predicted octanol–water partition coefficient (Wildman–Crippen LogP) is 0.231. The van der Waals surface area contributed by atoms with Crippen molar-refractivity contribution in [3.8, 4) is 0 Å². The van der Waals surface area contributed by atoms with Crippen LogP contribution in [0.1, 0.15) is 21.0 Å². The van der Waals surface area contributed by atoms with E-state index < -0.39 is 23.4 Å². The summed E-state index contributed by atoms with van der Waals surface area (Å²) in [5.41, 5.74) is -0.615. The Bertz CT molecular complexity index is 628. The number of anilines is 1.